The fourth-order valence-corrected chi connectivity index (χ4v) is 2.11. The molecule has 1 aromatic rings. The Morgan fingerprint density at radius 1 is 1.24 bits per heavy atom. The average molecular weight is 268 g/mol. The molecule has 1 aliphatic heterocycles. The van der Waals surface area contributed by atoms with Crippen LogP contribution in [0.2, 0.25) is 0 Å². The van der Waals surface area contributed by atoms with Gasteiger partial charge in [0.25, 0.3) is 0 Å². The smallest absolute Gasteiger partial charge is 0.445 e. The van der Waals surface area contributed by atoms with Crippen molar-refractivity contribution in [3.63, 3.8) is 0 Å². The van der Waals surface area contributed by atoms with Crippen LogP contribution in [0.25, 0.3) is 0 Å². The van der Waals surface area contributed by atoms with Crippen molar-refractivity contribution in [1.82, 2.24) is 0 Å². The number of halogens is 3. The second kappa shape index (κ2) is 5.35. The van der Waals surface area contributed by atoms with Crippen LogP contribution in [-0.4, -0.2) is 13.6 Å². The molecule has 0 aliphatic carbocycles. The van der Waals surface area contributed by atoms with Crippen molar-refractivity contribution >= 4 is 12.4 Å². The van der Waals surface area contributed by atoms with E-state index in [1.807, 2.05) is 13.8 Å². The van der Waals surface area contributed by atoms with Gasteiger partial charge in [0, 0.05) is 0 Å². The second-order valence-electron chi connectivity index (χ2n) is 4.60. The predicted octanol–water partition coefficient (Wildman–Crippen LogP) is -0.447. The van der Waals surface area contributed by atoms with Crippen molar-refractivity contribution in [3.8, 4) is 0 Å². The van der Waals surface area contributed by atoms with E-state index in [1.165, 1.54) is 6.07 Å². The van der Waals surface area contributed by atoms with E-state index in [2.05, 4.69) is 0 Å². The van der Waals surface area contributed by atoms with Gasteiger partial charge in [0.1, 0.15) is 0 Å². The molecule has 0 aromatic heterocycles. The van der Waals surface area contributed by atoms with Crippen molar-refractivity contribution in [1.29, 1.82) is 0 Å². The van der Waals surface area contributed by atoms with E-state index in [0.29, 0.717) is 13.0 Å². The molecule has 0 unspecified atom stereocenters. The largest absolute Gasteiger partial charge is 1.00 e. The fraction of sp³-hybridized carbons (Fsp3) is 0.455. The summed E-state index contributed by atoms with van der Waals surface area (Å²) in [5.74, 6) is 0. The number of hydrogen-bond acceptors (Lipinski definition) is 1. The first-order valence-electron chi connectivity index (χ1n) is 5.28. The summed E-state index contributed by atoms with van der Waals surface area (Å²) < 4.78 is 43.3. The normalized spacial score (nSPS) is 18.2. The zero-order valence-corrected chi connectivity index (χ0v) is 13.4. The van der Waals surface area contributed by atoms with Gasteiger partial charge in [0.2, 0.25) is 0 Å². The topological polar surface area (TPSA) is 9.23 Å². The summed E-state index contributed by atoms with van der Waals surface area (Å²) in [6.07, 6.45) is 0.554. The molecule has 17 heavy (non-hydrogen) atoms. The average Bonchev–Trinajstić information content (AvgIpc) is 2.15. The standard InChI is InChI=1S/C11H13BF3O.K/c1-11(2)10-4-3-9(12(13,14)15)7-8(10)5-6-16-11;/h3-4,7H,5-6H2,1-2H3;/q-1;+1. The third-order valence-electron chi connectivity index (χ3n) is 2.99. The molecule has 88 valence electrons. The van der Waals surface area contributed by atoms with Crippen LogP contribution in [0.4, 0.5) is 12.9 Å². The molecule has 0 fully saturated rings. The zero-order valence-electron chi connectivity index (χ0n) is 10.3. The molecule has 1 aliphatic rings. The van der Waals surface area contributed by atoms with E-state index < -0.39 is 18.0 Å². The van der Waals surface area contributed by atoms with Crippen molar-refractivity contribution in [2.24, 2.45) is 0 Å². The first kappa shape index (κ1) is 15.7. The molecule has 2 rings (SSSR count). The molecular weight excluding hydrogens is 255 g/mol. The van der Waals surface area contributed by atoms with E-state index in [1.54, 1.807) is 6.07 Å². The summed E-state index contributed by atoms with van der Waals surface area (Å²) in [5.41, 5.74) is 0.622. The molecule has 0 radical (unpaired) electrons. The van der Waals surface area contributed by atoms with Crippen molar-refractivity contribution < 1.29 is 69.1 Å². The molecule has 0 saturated heterocycles. The Morgan fingerprint density at radius 2 is 1.88 bits per heavy atom. The summed E-state index contributed by atoms with van der Waals surface area (Å²) in [7, 11) is 0. The number of benzene rings is 1. The van der Waals surface area contributed by atoms with Crippen LogP contribution in [0, 0.1) is 0 Å². The number of ether oxygens (including phenoxy) is 1. The van der Waals surface area contributed by atoms with Crippen LogP contribution in [0.15, 0.2) is 18.2 Å². The van der Waals surface area contributed by atoms with E-state index in [9.17, 15) is 12.9 Å². The first-order valence-corrected chi connectivity index (χ1v) is 5.28. The number of hydrogen-bond donors (Lipinski definition) is 0. The molecule has 1 heterocycles. The molecule has 1 nitrogen and oxygen atoms in total. The van der Waals surface area contributed by atoms with Gasteiger partial charge in [-0.1, -0.05) is 18.2 Å². The Hall–Kier alpha value is 0.671. The van der Waals surface area contributed by atoms with E-state index in [4.69, 9.17) is 4.74 Å². The number of fused-ring (bicyclic) bond motifs is 1. The minimum atomic E-state index is -4.90. The van der Waals surface area contributed by atoms with Crippen LogP contribution in [-0.2, 0) is 16.8 Å². The Bertz CT molecular complexity index is 418. The molecule has 6 heteroatoms. The first-order chi connectivity index (χ1) is 7.31. The van der Waals surface area contributed by atoms with E-state index in [-0.39, 0.29) is 51.4 Å². The van der Waals surface area contributed by atoms with Gasteiger partial charge in [-0.3, -0.25) is 0 Å². The van der Waals surface area contributed by atoms with Crippen LogP contribution < -0.4 is 56.8 Å². The van der Waals surface area contributed by atoms with Gasteiger partial charge in [-0.05, 0) is 31.4 Å². The summed E-state index contributed by atoms with van der Waals surface area (Å²) in [4.78, 5) is 0. The molecule has 0 N–H and O–H groups in total. The van der Waals surface area contributed by atoms with Crippen molar-refractivity contribution in [2.75, 3.05) is 6.61 Å². The third kappa shape index (κ3) is 3.36. The van der Waals surface area contributed by atoms with Crippen LogP contribution in [0.5, 0.6) is 0 Å². The van der Waals surface area contributed by atoms with Gasteiger partial charge in [-0.25, -0.2) is 0 Å². The van der Waals surface area contributed by atoms with Gasteiger partial charge in [-0.2, -0.15) is 0 Å². The van der Waals surface area contributed by atoms with E-state index >= 15 is 0 Å². The van der Waals surface area contributed by atoms with Gasteiger partial charge >= 0.3 is 58.4 Å². The second-order valence-corrected chi connectivity index (χ2v) is 4.60. The molecule has 0 bridgehead atoms. The van der Waals surface area contributed by atoms with E-state index in [0.717, 1.165) is 17.2 Å². The van der Waals surface area contributed by atoms with Gasteiger partial charge in [-0.15, -0.1) is 5.46 Å². The summed E-state index contributed by atoms with van der Waals surface area (Å²) in [6, 6.07) is 3.95. The molecule has 0 saturated carbocycles. The minimum Gasteiger partial charge on any atom is -0.445 e. The van der Waals surface area contributed by atoms with Gasteiger partial charge in [0.15, 0.2) is 0 Å². The molecule has 0 amide bonds. The molecular formula is C11H13BF3KO. The van der Waals surface area contributed by atoms with Crippen LogP contribution in [0.3, 0.4) is 0 Å². The van der Waals surface area contributed by atoms with Crippen molar-refractivity contribution in [2.45, 2.75) is 25.9 Å². The number of rotatable bonds is 1. The van der Waals surface area contributed by atoms with Crippen LogP contribution >= 0.6 is 0 Å². The maximum absolute atomic E-state index is 12.6. The SMILES string of the molecule is CC1(C)OCCc2cc([B-](F)(F)F)ccc21.[K+]. The van der Waals surface area contributed by atoms with Crippen molar-refractivity contribution in [3.05, 3.63) is 29.3 Å². The van der Waals surface area contributed by atoms with Gasteiger partial charge in [0.05, 0.1) is 12.2 Å². The Morgan fingerprint density at radius 3 is 2.47 bits per heavy atom. The van der Waals surface area contributed by atoms with Gasteiger partial charge < -0.3 is 17.7 Å². The predicted molar refractivity (Wildman–Crippen MR) is 57.8 cm³/mol. The summed E-state index contributed by atoms with van der Waals surface area (Å²) in [6.45, 7) is -0.665. The molecule has 0 spiro atoms. The Kier molecular flexibility index (Phi) is 4.95. The maximum atomic E-state index is 12.6. The maximum Gasteiger partial charge on any atom is 1.00 e. The Balaban J connectivity index is 0.00000144. The Labute approximate surface area is 142 Å². The summed E-state index contributed by atoms with van der Waals surface area (Å²) >= 11 is 0. The molecule has 1 aromatic carbocycles. The zero-order chi connectivity index (χ0) is 12.0. The summed E-state index contributed by atoms with van der Waals surface area (Å²) in [5, 5.41) is 0. The quantitative estimate of drug-likeness (QED) is 0.627. The third-order valence-corrected chi connectivity index (χ3v) is 2.99. The van der Waals surface area contributed by atoms with Crippen LogP contribution in [0.1, 0.15) is 25.0 Å². The molecule has 0 atom stereocenters. The monoisotopic (exact) mass is 268 g/mol. The fourth-order valence-electron chi connectivity index (χ4n) is 2.11. The minimum absolute atomic E-state index is 0.